The van der Waals surface area contributed by atoms with Crippen molar-refractivity contribution in [3.63, 3.8) is 0 Å². The number of thioether (sulfide) groups is 1. The van der Waals surface area contributed by atoms with Crippen molar-refractivity contribution in [2.24, 2.45) is 0 Å². The van der Waals surface area contributed by atoms with Gasteiger partial charge < -0.3 is 5.32 Å². The molecule has 0 saturated carbocycles. The third kappa shape index (κ3) is 6.01. The predicted octanol–water partition coefficient (Wildman–Crippen LogP) is 3.79. The molecule has 0 heterocycles. The Bertz CT molecular complexity index is 713. The lowest BCUT2D eigenvalue weighted by molar-refractivity contribution is -0.116. The van der Waals surface area contributed by atoms with E-state index < -0.39 is 0 Å². The number of nitriles is 1. The van der Waals surface area contributed by atoms with Crippen molar-refractivity contribution in [2.45, 2.75) is 11.8 Å². The van der Waals surface area contributed by atoms with Gasteiger partial charge in [0.1, 0.15) is 0 Å². The number of hydrogen-bond donors (Lipinski definition) is 1. The fourth-order valence-corrected chi connectivity index (χ4v) is 2.65. The monoisotopic (exact) mass is 322 g/mol. The van der Waals surface area contributed by atoms with Crippen molar-refractivity contribution < 1.29 is 4.79 Å². The van der Waals surface area contributed by atoms with Gasteiger partial charge in [0.15, 0.2) is 0 Å². The van der Waals surface area contributed by atoms with Gasteiger partial charge in [0.2, 0.25) is 5.91 Å². The van der Waals surface area contributed by atoms with E-state index in [1.807, 2.05) is 12.1 Å². The summed E-state index contributed by atoms with van der Waals surface area (Å²) in [5, 5.41) is 11.6. The van der Waals surface area contributed by atoms with Crippen molar-refractivity contribution in [1.82, 2.24) is 5.32 Å². The standard InChI is InChI=1S/C19H18N2OS/c1-15-2-9-18(10-3-15)23-13-12-21-19(22)11-8-16-4-6-17(14-20)7-5-16/h2-11H,12-13H2,1H3,(H,21,22)/b11-8+. The van der Waals surface area contributed by atoms with Gasteiger partial charge in [0, 0.05) is 23.3 Å². The van der Waals surface area contributed by atoms with Gasteiger partial charge >= 0.3 is 0 Å². The number of amides is 1. The van der Waals surface area contributed by atoms with E-state index in [9.17, 15) is 4.79 Å². The third-order valence-electron chi connectivity index (χ3n) is 3.16. The second-order valence-corrected chi connectivity index (χ2v) is 6.19. The Morgan fingerprint density at radius 2 is 1.87 bits per heavy atom. The zero-order chi connectivity index (χ0) is 16.5. The molecule has 0 aromatic heterocycles. The van der Waals surface area contributed by atoms with E-state index in [0.29, 0.717) is 12.1 Å². The molecule has 0 atom stereocenters. The number of aryl methyl sites for hydroxylation is 1. The molecule has 0 bridgehead atoms. The van der Waals surface area contributed by atoms with Crippen molar-refractivity contribution in [1.29, 1.82) is 5.26 Å². The van der Waals surface area contributed by atoms with Gasteiger partial charge in [-0.05, 0) is 42.8 Å². The molecule has 0 fully saturated rings. The molecule has 23 heavy (non-hydrogen) atoms. The van der Waals surface area contributed by atoms with Crippen molar-refractivity contribution in [3.05, 3.63) is 71.3 Å². The first kappa shape index (κ1) is 16.9. The van der Waals surface area contributed by atoms with Crippen molar-refractivity contribution in [3.8, 4) is 6.07 Å². The summed E-state index contributed by atoms with van der Waals surface area (Å²) in [5.41, 5.74) is 2.75. The second-order valence-electron chi connectivity index (χ2n) is 5.02. The van der Waals surface area contributed by atoms with E-state index in [1.165, 1.54) is 16.5 Å². The minimum absolute atomic E-state index is 0.112. The van der Waals surface area contributed by atoms with Crippen LogP contribution in [0.4, 0.5) is 0 Å². The van der Waals surface area contributed by atoms with Crippen LogP contribution in [0.2, 0.25) is 0 Å². The predicted molar refractivity (Wildman–Crippen MR) is 95.1 cm³/mol. The average molecular weight is 322 g/mol. The average Bonchev–Trinajstić information content (AvgIpc) is 2.59. The highest BCUT2D eigenvalue weighted by atomic mass is 32.2. The maximum atomic E-state index is 11.7. The van der Waals surface area contributed by atoms with Crippen LogP contribution in [0.25, 0.3) is 6.08 Å². The highest BCUT2D eigenvalue weighted by molar-refractivity contribution is 7.99. The molecule has 1 N–H and O–H groups in total. The van der Waals surface area contributed by atoms with E-state index >= 15 is 0 Å². The van der Waals surface area contributed by atoms with Crippen LogP contribution < -0.4 is 5.32 Å². The Labute approximate surface area is 141 Å². The van der Waals surface area contributed by atoms with E-state index in [2.05, 4.69) is 42.6 Å². The molecule has 0 saturated heterocycles. The summed E-state index contributed by atoms with van der Waals surface area (Å²) in [4.78, 5) is 12.9. The number of carbonyl (C=O) groups is 1. The molecule has 0 unspecified atom stereocenters. The van der Waals surface area contributed by atoms with E-state index in [-0.39, 0.29) is 5.91 Å². The van der Waals surface area contributed by atoms with Gasteiger partial charge in [0.05, 0.1) is 11.6 Å². The first-order valence-electron chi connectivity index (χ1n) is 7.33. The van der Waals surface area contributed by atoms with E-state index in [0.717, 1.165) is 11.3 Å². The van der Waals surface area contributed by atoms with Crippen LogP contribution in [0.5, 0.6) is 0 Å². The summed E-state index contributed by atoms with van der Waals surface area (Å²) in [7, 11) is 0. The molecular weight excluding hydrogens is 304 g/mol. The molecular formula is C19H18N2OS. The van der Waals surface area contributed by atoms with Crippen molar-refractivity contribution >= 4 is 23.7 Å². The first-order chi connectivity index (χ1) is 11.2. The lowest BCUT2D eigenvalue weighted by Crippen LogP contribution is -2.23. The quantitative estimate of drug-likeness (QED) is 0.500. The Morgan fingerprint density at radius 1 is 1.17 bits per heavy atom. The maximum Gasteiger partial charge on any atom is 0.244 e. The Kier molecular flexibility index (Phi) is 6.46. The largest absolute Gasteiger partial charge is 0.352 e. The van der Waals surface area contributed by atoms with Gasteiger partial charge in [-0.1, -0.05) is 29.8 Å². The SMILES string of the molecule is Cc1ccc(SCCNC(=O)/C=C/c2ccc(C#N)cc2)cc1. The molecule has 2 aromatic rings. The number of benzene rings is 2. The smallest absolute Gasteiger partial charge is 0.244 e. The molecule has 3 nitrogen and oxygen atoms in total. The first-order valence-corrected chi connectivity index (χ1v) is 8.31. The molecule has 0 aliphatic rings. The molecule has 0 spiro atoms. The van der Waals surface area contributed by atoms with E-state index in [4.69, 9.17) is 5.26 Å². The van der Waals surface area contributed by atoms with Gasteiger partial charge in [-0.2, -0.15) is 5.26 Å². The summed E-state index contributed by atoms with van der Waals surface area (Å²) in [5.74, 6) is 0.721. The maximum absolute atomic E-state index is 11.7. The van der Waals surface area contributed by atoms with Gasteiger partial charge in [0.25, 0.3) is 0 Å². The zero-order valence-electron chi connectivity index (χ0n) is 13.0. The van der Waals surface area contributed by atoms with Crippen molar-refractivity contribution in [2.75, 3.05) is 12.3 Å². The highest BCUT2D eigenvalue weighted by Gasteiger charge is 1.97. The van der Waals surface area contributed by atoms with Crippen LogP contribution in [-0.2, 0) is 4.79 Å². The number of carbonyl (C=O) groups excluding carboxylic acids is 1. The number of nitrogens with zero attached hydrogens (tertiary/aromatic N) is 1. The molecule has 0 aliphatic carbocycles. The highest BCUT2D eigenvalue weighted by Crippen LogP contribution is 2.17. The summed E-state index contributed by atoms with van der Waals surface area (Å²) >= 11 is 1.72. The second kappa shape index (κ2) is 8.82. The van der Waals surface area contributed by atoms with Crippen LogP contribution in [0.15, 0.2) is 59.5 Å². The molecule has 0 aliphatic heterocycles. The molecule has 116 valence electrons. The molecule has 2 aromatic carbocycles. The van der Waals surface area contributed by atoms with Crippen LogP contribution in [0, 0.1) is 18.3 Å². The lowest BCUT2D eigenvalue weighted by atomic mass is 10.1. The fraction of sp³-hybridized carbons (Fsp3) is 0.158. The van der Waals surface area contributed by atoms with Gasteiger partial charge in [-0.15, -0.1) is 11.8 Å². The minimum atomic E-state index is -0.112. The van der Waals surface area contributed by atoms with Crippen LogP contribution in [0.1, 0.15) is 16.7 Å². The molecule has 1 amide bonds. The lowest BCUT2D eigenvalue weighted by Gasteiger charge is -2.03. The zero-order valence-corrected chi connectivity index (χ0v) is 13.8. The number of nitrogens with one attached hydrogen (secondary N) is 1. The summed E-state index contributed by atoms with van der Waals surface area (Å²) in [6.07, 6.45) is 3.25. The topological polar surface area (TPSA) is 52.9 Å². The van der Waals surface area contributed by atoms with Gasteiger partial charge in [-0.3, -0.25) is 4.79 Å². The Morgan fingerprint density at radius 3 is 2.52 bits per heavy atom. The minimum Gasteiger partial charge on any atom is -0.352 e. The van der Waals surface area contributed by atoms with Crippen LogP contribution in [0.3, 0.4) is 0 Å². The Hall–Kier alpha value is -2.51. The van der Waals surface area contributed by atoms with Crippen LogP contribution >= 0.6 is 11.8 Å². The molecule has 2 rings (SSSR count). The third-order valence-corrected chi connectivity index (χ3v) is 4.17. The number of rotatable bonds is 6. The van der Waals surface area contributed by atoms with Crippen LogP contribution in [-0.4, -0.2) is 18.2 Å². The fourth-order valence-electron chi connectivity index (χ4n) is 1.88. The molecule has 0 radical (unpaired) electrons. The summed E-state index contributed by atoms with van der Waals surface area (Å²) < 4.78 is 0. The van der Waals surface area contributed by atoms with Gasteiger partial charge in [-0.25, -0.2) is 0 Å². The normalized spacial score (nSPS) is 10.4. The number of hydrogen-bond acceptors (Lipinski definition) is 3. The van der Waals surface area contributed by atoms with E-state index in [1.54, 1.807) is 30.0 Å². The summed E-state index contributed by atoms with van der Waals surface area (Å²) in [6.45, 7) is 2.68. The summed E-state index contributed by atoms with van der Waals surface area (Å²) in [6, 6.07) is 17.5. The Balaban J connectivity index is 1.71. The molecule has 4 heteroatoms.